The number of nitrogens with zero attached hydrogens (tertiary/aromatic N) is 2. The van der Waals surface area contributed by atoms with Gasteiger partial charge in [-0.25, -0.2) is 14.4 Å². The second-order valence-corrected chi connectivity index (χ2v) is 3.93. The molecule has 0 bridgehead atoms. The van der Waals surface area contributed by atoms with Crippen LogP contribution in [0.5, 0.6) is 0 Å². The summed E-state index contributed by atoms with van der Waals surface area (Å²) in [6, 6.07) is 0. The monoisotopic (exact) mass is 195 g/mol. The number of nitrogen functional groups attached to an aromatic ring is 1. The van der Waals surface area contributed by atoms with Crippen LogP contribution < -0.4 is 5.73 Å². The van der Waals surface area contributed by atoms with Crippen molar-refractivity contribution >= 4 is 5.82 Å². The van der Waals surface area contributed by atoms with Gasteiger partial charge in [0.1, 0.15) is 5.82 Å². The molecule has 0 spiro atoms. The molecule has 3 nitrogen and oxygen atoms in total. The van der Waals surface area contributed by atoms with Crippen LogP contribution in [0.25, 0.3) is 0 Å². The number of nitrogens with two attached hydrogens (primary N) is 1. The van der Waals surface area contributed by atoms with Crippen LogP contribution in [0.1, 0.15) is 30.8 Å². The van der Waals surface area contributed by atoms with E-state index < -0.39 is 5.82 Å². The summed E-state index contributed by atoms with van der Waals surface area (Å²) in [5.41, 5.74) is 5.78. The molecule has 14 heavy (non-hydrogen) atoms. The molecule has 1 aromatic rings. The van der Waals surface area contributed by atoms with Crippen LogP contribution in [0.15, 0.2) is 0 Å². The van der Waals surface area contributed by atoms with Gasteiger partial charge in [0.05, 0.1) is 5.69 Å². The summed E-state index contributed by atoms with van der Waals surface area (Å²) in [6.07, 6.45) is 4.60. The maximum absolute atomic E-state index is 13.1. The minimum absolute atomic E-state index is 0.0215. The third-order valence-electron chi connectivity index (χ3n) is 2.78. The molecule has 76 valence electrons. The maximum atomic E-state index is 13.1. The fraction of sp³-hybridized carbons (Fsp3) is 0.600. The van der Waals surface area contributed by atoms with Crippen LogP contribution in [0, 0.1) is 18.7 Å². The van der Waals surface area contributed by atoms with E-state index in [-0.39, 0.29) is 5.82 Å². The number of anilines is 1. The van der Waals surface area contributed by atoms with Crippen molar-refractivity contribution in [3.8, 4) is 0 Å². The number of hydrogen-bond acceptors (Lipinski definition) is 3. The van der Waals surface area contributed by atoms with Crippen molar-refractivity contribution in [1.29, 1.82) is 0 Å². The van der Waals surface area contributed by atoms with E-state index in [0.717, 1.165) is 6.42 Å². The molecule has 0 aromatic carbocycles. The summed E-state index contributed by atoms with van der Waals surface area (Å²) in [5, 5.41) is 0. The molecule has 1 fully saturated rings. The number of rotatable bonds is 2. The Morgan fingerprint density at radius 1 is 1.43 bits per heavy atom. The van der Waals surface area contributed by atoms with Gasteiger partial charge < -0.3 is 5.73 Å². The zero-order valence-corrected chi connectivity index (χ0v) is 8.26. The van der Waals surface area contributed by atoms with Crippen molar-refractivity contribution in [3.63, 3.8) is 0 Å². The second-order valence-electron chi connectivity index (χ2n) is 3.93. The Morgan fingerprint density at radius 2 is 2.14 bits per heavy atom. The highest BCUT2D eigenvalue weighted by Gasteiger charge is 2.20. The third-order valence-corrected chi connectivity index (χ3v) is 2.78. The van der Waals surface area contributed by atoms with Crippen molar-refractivity contribution in [1.82, 2.24) is 9.97 Å². The Kier molecular flexibility index (Phi) is 2.35. The maximum Gasteiger partial charge on any atom is 0.186 e. The Bertz CT molecular complexity index is 324. The third kappa shape index (κ3) is 1.69. The van der Waals surface area contributed by atoms with Crippen LogP contribution in [0.2, 0.25) is 0 Å². The van der Waals surface area contributed by atoms with Crippen LogP contribution in [-0.4, -0.2) is 9.97 Å². The molecule has 1 heterocycles. The second kappa shape index (κ2) is 3.52. The first-order valence-electron chi connectivity index (χ1n) is 4.95. The normalized spacial score (nSPS) is 16.7. The van der Waals surface area contributed by atoms with Crippen molar-refractivity contribution in [2.24, 2.45) is 5.92 Å². The van der Waals surface area contributed by atoms with Gasteiger partial charge in [-0.15, -0.1) is 0 Å². The molecule has 0 atom stereocenters. The van der Waals surface area contributed by atoms with E-state index in [1.54, 1.807) is 6.92 Å². The van der Waals surface area contributed by atoms with Crippen LogP contribution in [0.3, 0.4) is 0 Å². The number of aryl methyl sites for hydroxylation is 1. The molecule has 0 aliphatic heterocycles. The van der Waals surface area contributed by atoms with E-state index >= 15 is 0 Å². The molecule has 0 amide bonds. The van der Waals surface area contributed by atoms with Crippen LogP contribution >= 0.6 is 0 Å². The van der Waals surface area contributed by atoms with E-state index in [2.05, 4.69) is 9.97 Å². The lowest BCUT2D eigenvalue weighted by Crippen LogP contribution is -2.16. The average Bonchev–Trinajstić information content (AvgIpc) is 2.07. The number of hydrogen-bond donors (Lipinski definition) is 1. The molecule has 4 heteroatoms. The van der Waals surface area contributed by atoms with Crippen LogP contribution in [0.4, 0.5) is 10.2 Å². The van der Waals surface area contributed by atoms with Crippen molar-refractivity contribution in [2.75, 3.05) is 5.73 Å². The lowest BCUT2D eigenvalue weighted by Gasteiger charge is -2.24. The molecular formula is C10H14FN3. The fourth-order valence-corrected chi connectivity index (χ4v) is 1.69. The molecule has 1 saturated carbocycles. The van der Waals surface area contributed by atoms with Crippen molar-refractivity contribution in [3.05, 3.63) is 17.3 Å². The largest absolute Gasteiger partial charge is 0.381 e. The molecular weight excluding hydrogens is 181 g/mol. The molecule has 0 saturated heterocycles. The zero-order valence-electron chi connectivity index (χ0n) is 8.26. The molecule has 1 aliphatic carbocycles. The Balaban J connectivity index is 2.17. The Labute approximate surface area is 82.6 Å². The summed E-state index contributed by atoms with van der Waals surface area (Å²) >= 11 is 0. The number of aromatic nitrogens is 2. The molecule has 1 aromatic heterocycles. The fourth-order valence-electron chi connectivity index (χ4n) is 1.69. The van der Waals surface area contributed by atoms with E-state index in [0.29, 0.717) is 17.4 Å². The van der Waals surface area contributed by atoms with Gasteiger partial charge in [0, 0.05) is 6.42 Å². The first-order valence-corrected chi connectivity index (χ1v) is 4.95. The van der Waals surface area contributed by atoms with Gasteiger partial charge in [0.25, 0.3) is 0 Å². The minimum Gasteiger partial charge on any atom is -0.381 e. The predicted octanol–water partition coefficient (Wildman–Crippen LogP) is 1.85. The minimum atomic E-state index is -0.484. The molecule has 0 radical (unpaired) electrons. The van der Waals surface area contributed by atoms with Gasteiger partial charge in [-0.2, -0.15) is 0 Å². The van der Waals surface area contributed by atoms with Gasteiger partial charge in [-0.1, -0.05) is 19.3 Å². The standard InChI is InChI=1S/C10H14FN3/c1-6-9(11)10(12)14-8(13-6)5-7-3-2-4-7/h7H,2-5H2,1H3,(H2,12,13,14). The van der Waals surface area contributed by atoms with Gasteiger partial charge in [-0.3, -0.25) is 0 Å². The summed E-state index contributed by atoms with van der Waals surface area (Å²) < 4.78 is 13.1. The molecule has 0 unspecified atom stereocenters. The van der Waals surface area contributed by atoms with Crippen molar-refractivity contribution in [2.45, 2.75) is 32.6 Å². The quantitative estimate of drug-likeness (QED) is 0.783. The highest BCUT2D eigenvalue weighted by Crippen LogP contribution is 2.29. The topological polar surface area (TPSA) is 51.8 Å². The molecule has 2 rings (SSSR count). The van der Waals surface area contributed by atoms with Crippen LogP contribution in [-0.2, 0) is 6.42 Å². The summed E-state index contributed by atoms with van der Waals surface area (Å²) in [7, 11) is 0. The predicted molar refractivity (Wildman–Crippen MR) is 52.2 cm³/mol. The van der Waals surface area contributed by atoms with E-state index in [9.17, 15) is 4.39 Å². The average molecular weight is 195 g/mol. The Morgan fingerprint density at radius 3 is 2.64 bits per heavy atom. The molecule has 2 N–H and O–H groups in total. The van der Waals surface area contributed by atoms with Gasteiger partial charge in [-0.05, 0) is 12.8 Å². The number of halogens is 1. The lowest BCUT2D eigenvalue weighted by atomic mass is 9.83. The summed E-state index contributed by atoms with van der Waals surface area (Å²) in [4.78, 5) is 8.04. The Hall–Kier alpha value is -1.19. The van der Waals surface area contributed by atoms with Gasteiger partial charge in [0.15, 0.2) is 11.6 Å². The smallest absolute Gasteiger partial charge is 0.186 e. The first kappa shape index (κ1) is 9.37. The zero-order chi connectivity index (χ0) is 10.1. The van der Waals surface area contributed by atoms with E-state index in [4.69, 9.17) is 5.73 Å². The SMILES string of the molecule is Cc1nc(CC2CCC2)nc(N)c1F. The van der Waals surface area contributed by atoms with E-state index in [1.165, 1.54) is 19.3 Å². The first-order chi connectivity index (χ1) is 6.66. The van der Waals surface area contributed by atoms with Gasteiger partial charge >= 0.3 is 0 Å². The highest BCUT2D eigenvalue weighted by molar-refractivity contribution is 5.32. The van der Waals surface area contributed by atoms with Crippen molar-refractivity contribution < 1.29 is 4.39 Å². The summed E-state index contributed by atoms with van der Waals surface area (Å²) in [6.45, 7) is 1.62. The molecule has 1 aliphatic rings. The summed E-state index contributed by atoms with van der Waals surface area (Å²) in [5.74, 6) is 0.861. The van der Waals surface area contributed by atoms with E-state index in [1.807, 2.05) is 0 Å². The van der Waals surface area contributed by atoms with Gasteiger partial charge in [0.2, 0.25) is 0 Å². The highest BCUT2D eigenvalue weighted by atomic mass is 19.1. The lowest BCUT2D eigenvalue weighted by molar-refractivity contribution is 0.309.